The number of halogens is 2. The van der Waals surface area contributed by atoms with E-state index >= 15 is 0 Å². The van der Waals surface area contributed by atoms with E-state index in [9.17, 15) is 34.1 Å². The fraction of sp³-hybridized carbons (Fsp3) is 0.444. The lowest BCUT2D eigenvalue weighted by molar-refractivity contribution is -0.310. The molecule has 1 fully saturated rings. The Morgan fingerprint density at radius 1 is 1.17 bits per heavy atom. The molecule has 0 aliphatic carbocycles. The molecule has 0 radical (unpaired) electrons. The zero-order valence-corrected chi connectivity index (χ0v) is 16.4. The maximum atomic E-state index is 13.7. The summed E-state index contributed by atoms with van der Waals surface area (Å²) in [6, 6.07) is 2.16. The van der Waals surface area contributed by atoms with E-state index in [0.717, 1.165) is 43.8 Å². The van der Waals surface area contributed by atoms with Crippen LogP contribution < -0.4 is 0 Å². The summed E-state index contributed by atoms with van der Waals surface area (Å²) in [6.45, 7) is 1.66. The van der Waals surface area contributed by atoms with Crippen LogP contribution in [0.4, 0.5) is 4.39 Å². The molecule has 0 saturated carbocycles. The molecule has 1 aliphatic heterocycles. The molecule has 9 nitrogen and oxygen atoms in total. The van der Waals surface area contributed by atoms with Gasteiger partial charge in [-0.3, -0.25) is 14.4 Å². The van der Waals surface area contributed by atoms with E-state index in [1.165, 1.54) is 0 Å². The average molecular weight is 429 g/mol. The van der Waals surface area contributed by atoms with Crippen LogP contribution in [0.15, 0.2) is 18.5 Å². The molecule has 29 heavy (non-hydrogen) atoms. The van der Waals surface area contributed by atoms with Gasteiger partial charge in [0.1, 0.15) is 5.82 Å². The van der Waals surface area contributed by atoms with Crippen molar-refractivity contribution in [2.45, 2.75) is 43.8 Å². The topological polar surface area (TPSA) is 139 Å². The van der Waals surface area contributed by atoms with Crippen LogP contribution in [0.5, 0.6) is 0 Å². The van der Waals surface area contributed by atoms with Gasteiger partial charge >= 0.3 is 0 Å². The average Bonchev–Trinajstić information content (AvgIpc) is 3.02. The molecule has 4 atom stereocenters. The number of aromatic nitrogens is 2. The minimum absolute atomic E-state index is 0.0835. The van der Waals surface area contributed by atoms with Crippen molar-refractivity contribution < 1.29 is 38.8 Å². The molecule has 1 saturated heterocycles. The van der Waals surface area contributed by atoms with Crippen LogP contribution >= 0.6 is 11.6 Å². The number of nitrogens with zero attached hydrogens (tertiary/aromatic N) is 2. The third-order valence-electron chi connectivity index (χ3n) is 5.46. The Hall–Kier alpha value is -2.24. The van der Waals surface area contributed by atoms with E-state index in [1.54, 1.807) is 0 Å². The van der Waals surface area contributed by atoms with E-state index in [4.69, 9.17) is 16.3 Å². The van der Waals surface area contributed by atoms with E-state index in [1.807, 2.05) is 0 Å². The number of benzene rings is 1. The van der Waals surface area contributed by atoms with Crippen LogP contribution in [-0.4, -0.2) is 65.6 Å². The van der Waals surface area contributed by atoms with E-state index < -0.39 is 52.8 Å². The number of carbonyl (C=O) groups is 3. The SMILES string of the molecule is CC(=O)[C@@]1(O)[C@@](O)(C(C)=O)CO[C@@H](n2cnc3cc(F)c(Cl)cc32)[C@@]1(O)C(C)=O. The first kappa shape index (κ1) is 21.5. The number of ketones is 3. The van der Waals surface area contributed by atoms with Gasteiger partial charge in [-0.05, 0) is 26.8 Å². The van der Waals surface area contributed by atoms with Crippen LogP contribution in [-0.2, 0) is 19.1 Å². The maximum absolute atomic E-state index is 13.7. The van der Waals surface area contributed by atoms with Gasteiger partial charge in [0.15, 0.2) is 29.2 Å². The van der Waals surface area contributed by atoms with Gasteiger partial charge < -0.3 is 24.6 Å². The largest absolute Gasteiger partial charge is 0.376 e. The number of Topliss-reactive ketones (excluding diaryl/α,β-unsaturated/α-hetero) is 3. The highest BCUT2D eigenvalue weighted by Gasteiger charge is 2.75. The van der Waals surface area contributed by atoms with Crippen LogP contribution in [0.3, 0.4) is 0 Å². The second-order valence-electron chi connectivity index (χ2n) is 7.08. The molecule has 0 spiro atoms. The summed E-state index contributed by atoms with van der Waals surface area (Å²) < 4.78 is 20.2. The summed E-state index contributed by atoms with van der Waals surface area (Å²) in [7, 11) is 0. The first-order chi connectivity index (χ1) is 13.3. The van der Waals surface area contributed by atoms with Gasteiger partial charge in [-0.2, -0.15) is 0 Å². The molecule has 1 aromatic carbocycles. The van der Waals surface area contributed by atoms with Crippen molar-refractivity contribution in [1.29, 1.82) is 0 Å². The zero-order chi connectivity index (χ0) is 21.9. The van der Waals surface area contributed by atoms with Crippen LogP contribution in [0.25, 0.3) is 11.0 Å². The van der Waals surface area contributed by atoms with Crippen LogP contribution in [0.2, 0.25) is 5.02 Å². The van der Waals surface area contributed by atoms with Gasteiger partial charge in [0.2, 0.25) is 11.2 Å². The Balaban J connectivity index is 2.32. The van der Waals surface area contributed by atoms with Crippen molar-refractivity contribution in [3.05, 3.63) is 29.3 Å². The van der Waals surface area contributed by atoms with Crippen molar-refractivity contribution in [3.8, 4) is 0 Å². The van der Waals surface area contributed by atoms with Gasteiger partial charge in [-0.1, -0.05) is 11.6 Å². The summed E-state index contributed by atoms with van der Waals surface area (Å²) in [5, 5.41) is 33.0. The Labute approximate surface area is 168 Å². The predicted octanol–water partition coefficient (Wildman–Crippen LogP) is 0.318. The fourth-order valence-electron chi connectivity index (χ4n) is 3.75. The molecule has 3 N–H and O–H groups in total. The summed E-state index contributed by atoms with van der Waals surface area (Å²) in [5.74, 6) is -4.24. The fourth-order valence-corrected chi connectivity index (χ4v) is 3.91. The minimum atomic E-state index is -3.24. The second-order valence-corrected chi connectivity index (χ2v) is 7.48. The Bertz CT molecular complexity index is 1060. The highest BCUT2D eigenvalue weighted by atomic mass is 35.5. The van der Waals surface area contributed by atoms with Crippen molar-refractivity contribution in [1.82, 2.24) is 9.55 Å². The smallest absolute Gasteiger partial charge is 0.207 e. The number of hydrogen-bond donors (Lipinski definition) is 3. The van der Waals surface area contributed by atoms with Crippen molar-refractivity contribution >= 4 is 40.0 Å². The Morgan fingerprint density at radius 3 is 2.31 bits per heavy atom. The second kappa shape index (κ2) is 6.64. The van der Waals surface area contributed by atoms with Crippen molar-refractivity contribution in [2.75, 3.05) is 6.61 Å². The van der Waals surface area contributed by atoms with E-state index in [0.29, 0.717) is 0 Å². The first-order valence-corrected chi connectivity index (χ1v) is 8.83. The molecule has 11 heteroatoms. The normalized spacial score (nSPS) is 32.3. The Morgan fingerprint density at radius 2 is 1.79 bits per heavy atom. The number of ether oxygens (including phenoxy) is 1. The van der Waals surface area contributed by atoms with Gasteiger partial charge in [0.05, 0.1) is 29.0 Å². The van der Waals surface area contributed by atoms with Crippen LogP contribution in [0, 0.1) is 5.82 Å². The predicted molar refractivity (Wildman–Crippen MR) is 96.6 cm³/mol. The lowest BCUT2D eigenvalue weighted by Gasteiger charge is -2.54. The quantitative estimate of drug-likeness (QED) is 0.632. The minimum Gasteiger partial charge on any atom is -0.376 e. The highest BCUT2D eigenvalue weighted by molar-refractivity contribution is 6.31. The van der Waals surface area contributed by atoms with E-state index in [2.05, 4.69) is 4.98 Å². The number of fused-ring (bicyclic) bond motifs is 1. The molecule has 1 aliphatic rings. The van der Waals surface area contributed by atoms with E-state index in [-0.39, 0.29) is 16.1 Å². The summed E-state index contributed by atoms with van der Waals surface area (Å²) in [4.78, 5) is 41.0. The highest BCUT2D eigenvalue weighted by Crippen LogP contribution is 2.48. The number of imidazole rings is 1. The molecule has 0 amide bonds. The third kappa shape index (κ3) is 2.60. The van der Waals surface area contributed by atoms with Gasteiger partial charge in [0.25, 0.3) is 0 Å². The maximum Gasteiger partial charge on any atom is 0.207 e. The van der Waals surface area contributed by atoms with Crippen molar-refractivity contribution in [2.24, 2.45) is 0 Å². The summed E-state index contributed by atoms with van der Waals surface area (Å²) >= 11 is 5.81. The van der Waals surface area contributed by atoms with Crippen molar-refractivity contribution in [3.63, 3.8) is 0 Å². The van der Waals surface area contributed by atoms with Gasteiger partial charge in [-0.25, -0.2) is 9.37 Å². The van der Waals surface area contributed by atoms with Gasteiger partial charge in [-0.15, -0.1) is 0 Å². The molecular formula is C18H18ClFN2O7. The number of rotatable bonds is 4. The molecular weight excluding hydrogens is 411 g/mol. The molecule has 2 aromatic rings. The lowest BCUT2D eigenvalue weighted by Crippen LogP contribution is -2.82. The summed E-state index contributed by atoms with van der Waals surface area (Å²) in [5.41, 5.74) is -9.02. The van der Waals surface area contributed by atoms with Crippen LogP contribution in [0.1, 0.15) is 27.0 Å². The van der Waals surface area contributed by atoms with Gasteiger partial charge in [0, 0.05) is 6.07 Å². The lowest BCUT2D eigenvalue weighted by atomic mass is 9.63. The standard InChI is InChI=1S/C18H18ClFN2O7/c1-8(23)16(26)6-29-15(17(27,9(2)24)18(16,28)10(3)25)22-7-21-13-5-12(20)11(19)4-14(13)22/h4-5,7,15,26-28H,6H2,1-3H3/t15-,16+,17+,18-/m1/s1. The molecule has 2 heterocycles. The molecule has 1 aromatic heterocycles. The molecule has 156 valence electrons. The monoisotopic (exact) mass is 428 g/mol. The number of aliphatic hydroxyl groups is 3. The molecule has 3 rings (SSSR count). The summed E-state index contributed by atoms with van der Waals surface area (Å²) in [6.07, 6.45) is -0.711. The zero-order valence-electron chi connectivity index (χ0n) is 15.6. The first-order valence-electron chi connectivity index (χ1n) is 8.45. The Kier molecular flexibility index (Phi) is 4.92. The molecule has 0 unspecified atom stereocenters. The number of hydrogen-bond acceptors (Lipinski definition) is 8. The molecule has 0 bridgehead atoms. The third-order valence-corrected chi connectivity index (χ3v) is 5.75. The number of carbonyl (C=O) groups excluding carboxylic acids is 3.